The summed E-state index contributed by atoms with van der Waals surface area (Å²) in [5.41, 5.74) is 2.33. The standard InChI is InChI=1S/C20H25BrN4O/c1-2-23-19(24-13-18(26)15-6-10-22-11-7-15)25-14-20(8-9-20)16-4-3-5-17(21)12-16/h3-7,10-12,18,26H,2,8-9,13-14H2,1H3,(H2,23,24,25). The molecule has 1 aliphatic carbocycles. The van der Waals surface area contributed by atoms with E-state index in [-0.39, 0.29) is 5.41 Å². The van der Waals surface area contributed by atoms with Crippen molar-refractivity contribution in [3.63, 3.8) is 0 Å². The number of nitrogens with one attached hydrogen (secondary N) is 2. The number of aliphatic imine (C=N–C) groups is 1. The van der Waals surface area contributed by atoms with Crippen molar-refractivity contribution in [2.24, 2.45) is 4.99 Å². The average Bonchev–Trinajstić information content (AvgIpc) is 3.46. The summed E-state index contributed by atoms with van der Waals surface area (Å²) in [5.74, 6) is 0.738. The van der Waals surface area contributed by atoms with E-state index in [9.17, 15) is 5.11 Å². The molecule has 1 unspecified atom stereocenters. The molecule has 0 aliphatic heterocycles. The zero-order valence-electron chi connectivity index (χ0n) is 15.0. The molecular weight excluding hydrogens is 392 g/mol. The van der Waals surface area contributed by atoms with E-state index in [0.29, 0.717) is 6.54 Å². The predicted octanol–water partition coefficient (Wildman–Crippen LogP) is 3.16. The summed E-state index contributed by atoms with van der Waals surface area (Å²) in [6.07, 6.45) is 5.10. The smallest absolute Gasteiger partial charge is 0.191 e. The number of aliphatic hydroxyl groups is 1. The minimum atomic E-state index is -0.596. The first-order valence-electron chi connectivity index (χ1n) is 8.99. The highest BCUT2D eigenvalue weighted by Crippen LogP contribution is 2.48. The van der Waals surface area contributed by atoms with Crippen molar-refractivity contribution in [3.05, 3.63) is 64.4 Å². The highest BCUT2D eigenvalue weighted by Gasteiger charge is 2.44. The van der Waals surface area contributed by atoms with Gasteiger partial charge in [0.25, 0.3) is 0 Å². The van der Waals surface area contributed by atoms with Crippen LogP contribution < -0.4 is 10.6 Å². The molecule has 1 aromatic carbocycles. The zero-order chi connectivity index (χ0) is 18.4. The molecule has 1 saturated carbocycles. The molecule has 6 heteroatoms. The van der Waals surface area contributed by atoms with E-state index in [4.69, 9.17) is 4.99 Å². The molecule has 3 N–H and O–H groups in total. The molecule has 1 fully saturated rings. The van der Waals surface area contributed by atoms with Gasteiger partial charge in [-0.25, -0.2) is 0 Å². The summed E-state index contributed by atoms with van der Waals surface area (Å²) in [6.45, 7) is 3.96. The normalized spacial score (nSPS) is 16.8. The van der Waals surface area contributed by atoms with Crippen molar-refractivity contribution in [1.82, 2.24) is 15.6 Å². The quantitative estimate of drug-likeness (QED) is 0.478. The molecule has 0 amide bonds. The van der Waals surface area contributed by atoms with Crippen LogP contribution in [-0.2, 0) is 5.41 Å². The summed E-state index contributed by atoms with van der Waals surface area (Å²) >= 11 is 3.56. The molecule has 1 heterocycles. The molecule has 0 saturated heterocycles. The van der Waals surface area contributed by atoms with Crippen molar-refractivity contribution in [1.29, 1.82) is 0 Å². The Balaban J connectivity index is 1.62. The van der Waals surface area contributed by atoms with Crippen LogP contribution in [0.25, 0.3) is 0 Å². The van der Waals surface area contributed by atoms with Crippen molar-refractivity contribution >= 4 is 21.9 Å². The van der Waals surface area contributed by atoms with E-state index < -0.39 is 6.10 Å². The SMILES string of the molecule is CCNC(=NCC1(c2cccc(Br)c2)CC1)NCC(O)c1ccncc1. The van der Waals surface area contributed by atoms with E-state index in [1.165, 1.54) is 5.56 Å². The van der Waals surface area contributed by atoms with Gasteiger partial charge in [-0.1, -0.05) is 28.1 Å². The Morgan fingerprint density at radius 2 is 2.04 bits per heavy atom. The maximum Gasteiger partial charge on any atom is 0.191 e. The first kappa shape index (κ1) is 18.9. The summed E-state index contributed by atoms with van der Waals surface area (Å²) in [4.78, 5) is 8.75. The van der Waals surface area contributed by atoms with Crippen molar-refractivity contribution in [3.8, 4) is 0 Å². The molecule has 5 nitrogen and oxygen atoms in total. The number of halogens is 1. The Kier molecular flexibility index (Phi) is 6.27. The van der Waals surface area contributed by atoms with Crippen LogP contribution >= 0.6 is 15.9 Å². The minimum Gasteiger partial charge on any atom is -0.387 e. The largest absolute Gasteiger partial charge is 0.387 e. The molecule has 0 bridgehead atoms. The molecule has 0 spiro atoms. The Bertz CT molecular complexity index is 746. The van der Waals surface area contributed by atoms with Crippen molar-refractivity contribution in [2.75, 3.05) is 19.6 Å². The molecule has 1 aliphatic rings. The van der Waals surface area contributed by atoms with Gasteiger partial charge in [0.15, 0.2) is 5.96 Å². The third-order valence-corrected chi connectivity index (χ3v) is 5.22. The molecule has 1 atom stereocenters. The second-order valence-corrected chi connectivity index (χ2v) is 7.58. The second kappa shape index (κ2) is 8.64. The summed E-state index contributed by atoms with van der Waals surface area (Å²) < 4.78 is 1.11. The van der Waals surface area contributed by atoms with Crippen LogP contribution in [0.1, 0.15) is 37.0 Å². The fraction of sp³-hybridized carbons (Fsp3) is 0.400. The van der Waals surface area contributed by atoms with Crippen LogP contribution in [0.2, 0.25) is 0 Å². The van der Waals surface area contributed by atoms with E-state index in [0.717, 1.165) is 41.9 Å². The number of aliphatic hydroxyl groups excluding tert-OH is 1. The molecule has 0 radical (unpaired) electrons. The Morgan fingerprint density at radius 3 is 2.69 bits per heavy atom. The molecular formula is C20H25BrN4O. The van der Waals surface area contributed by atoms with E-state index in [2.05, 4.69) is 55.8 Å². The maximum atomic E-state index is 10.3. The van der Waals surface area contributed by atoms with Gasteiger partial charge < -0.3 is 15.7 Å². The summed E-state index contributed by atoms with van der Waals surface area (Å²) in [5, 5.41) is 16.8. The lowest BCUT2D eigenvalue weighted by molar-refractivity contribution is 0.180. The van der Waals surface area contributed by atoms with E-state index in [1.807, 2.05) is 19.1 Å². The number of hydrogen-bond acceptors (Lipinski definition) is 3. The molecule has 138 valence electrons. The van der Waals surface area contributed by atoms with Crippen LogP contribution in [0.4, 0.5) is 0 Å². The second-order valence-electron chi connectivity index (χ2n) is 6.66. The van der Waals surface area contributed by atoms with E-state index in [1.54, 1.807) is 12.4 Å². The lowest BCUT2D eigenvalue weighted by Gasteiger charge is -2.18. The maximum absolute atomic E-state index is 10.3. The average molecular weight is 417 g/mol. The van der Waals surface area contributed by atoms with Gasteiger partial charge in [0.2, 0.25) is 0 Å². The summed E-state index contributed by atoms with van der Waals surface area (Å²) in [6, 6.07) is 12.1. The third-order valence-electron chi connectivity index (χ3n) is 4.73. The van der Waals surface area contributed by atoms with Gasteiger partial charge in [0.05, 0.1) is 12.6 Å². The van der Waals surface area contributed by atoms with Gasteiger partial charge in [0, 0.05) is 35.4 Å². The predicted molar refractivity (Wildman–Crippen MR) is 108 cm³/mol. The van der Waals surface area contributed by atoms with Gasteiger partial charge in [-0.3, -0.25) is 9.98 Å². The summed E-state index contributed by atoms with van der Waals surface area (Å²) in [7, 11) is 0. The van der Waals surface area contributed by atoms with Gasteiger partial charge >= 0.3 is 0 Å². The van der Waals surface area contributed by atoms with Gasteiger partial charge in [-0.2, -0.15) is 0 Å². The number of guanidine groups is 1. The lowest BCUT2D eigenvalue weighted by atomic mass is 9.96. The van der Waals surface area contributed by atoms with Crippen LogP contribution in [0, 0.1) is 0 Å². The first-order chi connectivity index (χ1) is 12.6. The minimum absolute atomic E-state index is 0.149. The molecule has 1 aromatic heterocycles. The van der Waals surface area contributed by atoms with E-state index >= 15 is 0 Å². The third kappa shape index (κ3) is 4.83. The Morgan fingerprint density at radius 1 is 1.27 bits per heavy atom. The van der Waals surface area contributed by atoms with Gasteiger partial charge in [-0.05, 0) is 55.2 Å². The molecule has 3 rings (SSSR count). The number of benzene rings is 1. The van der Waals surface area contributed by atoms with Gasteiger partial charge in [-0.15, -0.1) is 0 Å². The van der Waals surface area contributed by atoms with Crippen molar-refractivity contribution in [2.45, 2.75) is 31.3 Å². The fourth-order valence-electron chi connectivity index (χ4n) is 2.98. The Labute approximate surface area is 163 Å². The molecule has 2 aromatic rings. The van der Waals surface area contributed by atoms with Gasteiger partial charge in [0.1, 0.15) is 0 Å². The van der Waals surface area contributed by atoms with Crippen LogP contribution in [0.5, 0.6) is 0 Å². The Hall–Kier alpha value is -1.92. The first-order valence-corrected chi connectivity index (χ1v) is 9.78. The zero-order valence-corrected chi connectivity index (χ0v) is 16.5. The number of hydrogen-bond donors (Lipinski definition) is 3. The monoisotopic (exact) mass is 416 g/mol. The van der Waals surface area contributed by atoms with Crippen LogP contribution in [-0.4, -0.2) is 35.7 Å². The van der Waals surface area contributed by atoms with Crippen LogP contribution in [0.3, 0.4) is 0 Å². The number of aromatic nitrogens is 1. The number of nitrogens with zero attached hydrogens (tertiary/aromatic N) is 2. The highest BCUT2D eigenvalue weighted by molar-refractivity contribution is 9.10. The number of rotatable bonds is 7. The highest BCUT2D eigenvalue weighted by atomic mass is 79.9. The fourth-order valence-corrected chi connectivity index (χ4v) is 3.38. The van der Waals surface area contributed by atoms with Crippen LogP contribution in [0.15, 0.2) is 58.3 Å². The lowest BCUT2D eigenvalue weighted by Crippen LogP contribution is -2.40. The number of pyridine rings is 1. The molecule has 26 heavy (non-hydrogen) atoms. The topological polar surface area (TPSA) is 69.5 Å². The van der Waals surface area contributed by atoms with Crippen molar-refractivity contribution < 1.29 is 5.11 Å².